The molecule has 1 N–H and O–H groups in total. The predicted octanol–water partition coefficient (Wildman–Crippen LogP) is 3.00. The molecule has 0 aliphatic heterocycles. The number of aryl methyl sites for hydroxylation is 2. The van der Waals surface area contributed by atoms with Gasteiger partial charge in [0.05, 0.1) is 10.5 Å². The van der Waals surface area contributed by atoms with Crippen LogP contribution in [0.15, 0.2) is 30.5 Å². The lowest BCUT2D eigenvalue weighted by Crippen LogP contribution is -2.14. The van der Waals surface area contributed by atoms with E-state index in [1.165, 1.54) is 18.2 Å². The molecule has 6 nitrogen and oxygen atoms in total. The molecule has 7 heteroatoms. The standard InChI is InChI=1S/C14H12FN3O3/c1-8-5-11(12(18(20)21)6-9(8)2)17-14(19)10-3-4-13(15)16-7-10/h3-7H,1-2H3,(H,17,19). The largest absolute Gasteiger partial charge is 0.316 e. The molecular weight excluding hydrogens is 277 g/mol. The van der Waals surface area contributed by atoms with E-state index < -0.39 is 16.8 Å². The van der Waals surface area contributed by atoms with Crippen LogP contribution in [-0.2, 0) is 0 Å². The third-order valence-corrected chi connectivity index (χ3v) is 3.05. The van der Waals surface area contributed by atoms with Crippen LogP contribution in [0, 0.1) is 29.9 Å². The lowest BCUT2D eigenvalue weighted by Gasteiger charge is -2.08. The van der Waals surface area contributed by atoms with Crippen molar-refractivity contribution in [1.82, 2.24) is 4.98 Å². The van der Waals surface area contributed by atoms with Gasteiger partial charge >= 0.3 is 0 Å². The molecule has 1 aromatic heterocycles. The Morgan fingerprint density at radius 1 is 1.29 bits per heavy atom. The molecule has 0 saturated carbocycles. The third-order valence-electron chi connectivity index (χ3n) is 3.05. The van der Waals surface area contributed by atoms with Crippen LogP contribution in [0.2, 0.25) is 0 Å². The van der Waals surface area contributed by atoms with Gasteiger partial charge in [-0.1, -0.05) is 0 Å². The van der Waals surface area contributed by atoms with E-state index in [0.717, 1.165) is 23.4 Å². The maximum absolute atomic E-state index is 12.7. The zero-order valence-corrected chi connectivity index (χ0v) is 11.4. The third kappa shape index (κ3) is 3.19. The van der Waals surface area contributed by atoms with Crippen LogP contribution in [0.5, 0.6) is 0 Å². The highest BCUT2D eigenvalue weighted by Gasteiger charge is 2.18. The highest BCUT2D eigenvalue weighted by Crippen LogP contribution is 2.28. The summed E-state index contributed by atoms with van der Waals surface area (Å²) in [6.07, 6.45) is 1.07. The van der Waals surface area contributed by atoms with Gasteiger partial charge < -0.3 is 5.32 Å². The van der Waals surface area contributed by atoms with Crippen molar-refractivity contribution in [2.75, 3.05) is 5.32 Å². The minimum absolute atomic E-state index is 0.0948. The van der Waals surface area contributed by atoms with Gasteiger partial charge in [-0.2, -0.15) is 4.39 Å². The van der Waals surface area contributed by atoms with E-state index in [-0.39, 0.29) is 16.9 Å². The van der Waals surface area contributed by atoms with Gasteiger partial charge in [-0.3, -0.25) is 14.9 Å². The van der Waals surface area contributed by atoms with Crippen molar-refractivity contribution >= 4 is 17.3 Å². The van der Waals surface area contributed by atoms with Gasteiger partial charge in [-0.05, 0) is 43.2 Å². The smallest absolute Gasteiger partial charge is 0.293 e. The van der Waals surface area contributed by atoms with Crippen molar-refractivity contribution in [1.29, 1.82) is 0 Å². The maximum Gasteiger partial charge on any atom is 0.293 e. The highest BCUT2D eigenvalue weighted by atomic mass is 19.1. The number of hydrogen-bond acceptors (Lipinski definition) is 4. The monoisotopic (exact) mass is 289 g/mol. The quantitative estimate of drug-likeness (QED) is 0.534. The second kappa shape index (κ2) is 5.66. The van der Waals surface area contributed by atoms with E-state index in [2.05, 4.69) is 10.3 Å². The molecule has 2 aromatic rings. The van der Waals surface area contributed by atoms with Gasteiger partial charge in [0.1, 0.15) is 5.69 Å². The Kier molecular flexibility index (Phi) is 3.93. The van der Waals surface area contributed by atoms with E-state index >= 15 is 0 Å². The number of carbonyl (C=O) groups excluding carboxylic acids is 1. The van der Waals surface area contributed by atoms with Crippen LogP contribution < -0.4 is 5.32 Å². The molecule has 1 heterocycles. The molecule has 0 spiro atoms. The number of rotatable bonds is 3. The first-order valence-corrected chi connectivity index (χ1v) is 6.07. The van der Waals surface area contributed by atoms with E-state index in [9.17, 15) is 19.3 Å². The Morgan fingerprint density at radius 3 is 2.52 bits per heavy atom. The Hall–Kier alpha value is -2.83. The first-order valence-electron chi connectivity index (χ1n) is 6.07. The maximum atomic E-state index is 12.7. The molecule has 0 atom stereocenters. The lowest BCUT2D eigenvalue weighted by atomic mass is 10.1. The van der Waals surface area contributed by atoms with Crippen LogP contribution in [0.3, 0.4) is 0 Å². The number of amides is 1. The Bertz CT molecular complexity index is 714. The van der Waals surface area contributed by atoms with Crippen LogP contribution in [0.4, 0.5) is 15.8 Å². The number of nitrogens with zero attached hydrogens (tertiary/aromatic N) is 2. The number of nitrogens with one attached hydrogen (secondary N) is 1. The molecule has 0 aliphatic rings. The molecule has 2 rings (SSSR count). The number of anilines is 1. The van der Waals surface area contributed by atoms with Crippen molar-refractivity contribution in [2.45, 2.75) is 13.8 Å². The minimum atomic E-state index is -0.705. The molecule has 0 bridgehead atoms. The summed E-state index contributed by atoms with van der Waals surface area (Å²) < 4.78 is 12.7. The summed E-state index contributed by atoms with van der Waals surface area (Å²) in [5.74, 6) is -1.29. The summed E-state index contributed by atoms with van der Waals surface area (Å²) in [6.45, 7) is 3.53. The highest BCUT2D eigenvalue weighted by molar-refractivity contribution is 6.05. The average molecular weight is 289 g/mol. The number of nitro benzene ring substituents is 1. The Morgan fingerprint density at radius 2 is 1.95 bits per heavy atom. The Balaban J connectivity index is 2.34. The molecule has 1 amide bonds. The second-order valence-electron chi connectivity index (χ2n) is 4.53. The van der Waals surface area contributed by atoms with E-state index in [1.54, 1.807) is 13.8 Å². The first-order chi connectivity index (χ1) is 9.88. The predicted molar refractivity (Wildman–Crippen MR) is 74.7 cm³/mol. The fourth-order valence-electron chi connectivity index (χ4n) is 1.76. The fraction of sp³-hybridized carbons (Fsp3) is 0.143. The number of nitro groups is 1. The molecule has 0 fully saturated rings. The van der Waals surface area contributed by atoms with Gasteiger partial charge in [-0.25, -0.2) is 4.98 Å². The minimum Gasteiger partial charge on any atom is -0.316 e. The first kappa shape index (κ1) is 14.6. The summed E-state index contributed by atoms with van der Waals surface area (Å²) in [7, 11) is 0. The second-order valence-corrected chi connectivity index (χ2v) is 4.53. The molecule has 0 saturated heterocycles. The fourth-order valence-corrected chi connectivity index (χ4v) is 1.76. The van der Waals surface area contributed by atoms with Crippen LogP contribution in [-0.4, -0.2) is 15.8 Å². The SMILES string of the molecule is Cc1cc(NC(=O)c2ccc(F)nc2)c([N+](=O)[O-])cc1C. The number of hydrogen-bond donors (Lipinski definition) is 1. The zero-order chi connectivity index (χ0) is 15.6. The van der Waals surface area contributed by atoms with E-state index in [1.807, 2.05) is 0 Å². The summed E-state index contributed by atoms with van der Waals surface area (Å²) in [6, 6.07) is 5.23. The summed E-state index contributed by atoms with van der Waals surface area (Å²) in [5.41, 5.74) is 1.58. The molecular formula is C14H12FN3O3. The summed E-state index contributed by atoms with van der Waals surface area (Å²) >= 11 is 0. The van der Waals surface area contributed by atoms with Crippen molar-refractivity contribution in [3.8, 4) is 0 Å². The van der Waals surface area contributed by atoms with Gasteiger partial charge in [0.2, 0.25) is 5.95 Å². The number of aromatic nitrogens is 1. The van der Waals surface area contributed by atoms with Crippen LogP contribution in [0.1, 0.15) is 21.5 Å². The Labute approximate surface area is 119 Å². The van der Waals surface area contributed by atoms with Gasteiger partial charge in [0.25, 0.3) is 11.6 Å². The van der Waals surface area contributed by atoms with Crippen LogP contribution >= 0.6 is 0 Å². The van der Waals surface area contributed by atoms with Crippen molar-refractivity contribution in [3.05, 3.63) is 63.2 Å². The van der Waals surface area contributed by atoms with Gasteiger partial charge in [0, 0.05) is 12.3 Å². The number of carbonyl (C=O) groups is 1. The zero-order valence-electron chi connectivity index (χ0n) is 11.4. The van der Waals surface area contributed by atoms with E-state index in [0.29, 0.717) is 0 Å². The normalized spacial score (nSPS) is 10.2. The number of pyridine rings is 1. The molecule has 21 heavy (non-hydrogen) atoms. The lowest BCUT2D eigenvalue weighted by molar-refractivity contribution is -0.384. The van der Waals surface area contributed by atoms with Crippen molar-refractivity contribution < 1.29 is 14.1 Å². The number of benzene rings is 1. The van der Waals surface area contributed by atoms with Gasteiger partial charge in [0.15, 0.2) is 0 Å². The summed E-state index contributed by atoms with van der Waals surface area (Å²) in [4.78, 5) is 25.8. The molecule has 0 radical (unpaired) electrons. The molecule has 1 aromatic carbocycles. The number of halogens is 1. The average Bonchev–Trinajstić information content (AvgIpc) is 2.43. The molecule has 0 unspecified atom stereocenters. The van der Waals surface area contributed by atoms with E-state index in [4.69, 9.17) is 0 Å². The topological polar surface area (TPSA) is 85.1 Å². The molecule has 0 aliphatic carbocycles. The molecule has 108 valence electrons. The van der Waals surface area contributed by atoms with Crippen molar-refractivity contribution in [3.63, 3.8) is 0 Å². The van der Waals surface area contributed by atoms with Gasteiger partial charge in [-0.15, -0.1) is 0 Å². The van der Waals surface area contributed by atoms with Crippen molar-refractivity contribution in [2.24, 2.45) is 0 Å². The van der Waals surface area contributed by atoms with Crippen LogP contribution in [0.25, 0.3) is 0 Å². The summed E-state index contributed by atoms with van der Waals surface area (Å²) in [5, 5.41) is 13.5.